The minimum absolute atomic E-state index is 0.125. The van der Waals surface area contributed by atoms with E-state index in [-0.39, 0.29) is 11.3 Å². The number of hydrogen-bond acceptors (Lipinski definition) is 2. The summed E-state index contributed by atoms with van der Waals surface area (Å²) in [7, 11) is 0. The largest absolute Gasteiger partial charge is 0.378 e. The number of nitrogens with zero attached hydrogens (tertiary/aromatic N) is 1. The van der Waals surface area contributed by atoms with E-state index in [0.717, 1.165) is 39.0 Å². The summed E-state index contributed by atoms with van der Waals surface area (Å²) in [5, 5.41) is 0.125. The normalized spacial score (nSPS) is 36.3. The number of piperidine rings is 1. The van der Waals surface area contributed by atoms with Gasteiger partial charge in [-0.1, -0.05) is 6.92 Å². The number of alkyl halides is 1. The highest BCUT2D eigenvalue weighted by molar-refractivity contribution is 6.21. The Bertz CT molecular complexity index is 292. The summed E-state index contributed by atoms with van der Waals surface area (Å²) in [5.41, 5.74) is 0. The average Bonchev–Trinajstić information content (AvgIpc) is 2.30. The summed E-state index contributed by atoms with van der Waals surface area (Å²) in [5.74, 6) is 1.34. The summed E-state index contributed by atoms with van der Waals surface area (Å²) in [4.78, 5) is 14.1. The molecule has 0 bridgehead atoms. The fourth-order valence-corrected chi connectivity index (χ4v) is 3.13. The van der Waals surface area contributed by atoms with Gasteiger partial charge < -0.3 is 9.64 Å². The van der Waals surface area contributed by atoms with E-state index < -0.39 is 0 Å². The van der Waals surface area contributed by atoms with Gasteiger partial charge in [0, 0.05) is 26.1 Å². The molecule has 0 aromatic rings. The Labute approximate surface area is 115 Å². The van der Waals surface area contributed by atoms with Gasteiger partial charge in [0.15, 0.2) is 0 Å². The van der Waals surface area contributed by atoms with Crippen LogP contribution in [0.3, 0.4) is 0 Å². The van der Waals surface area contributed by atoms with Crippen molar-refractivity contribution in [2.45, 2.75) is 51.0 Å². The Morgan fingerprint density at radius 2 is 2.17 bits per heavy atom. The van der Waals surface area contributed by atoms with Crippen LogP contribution in [0.4, 0.5) is 0 Å². The molecule has 2 unspecified atom stereocenters. The third-order valence-corrected chi connectivity index (χ3v) is 4.85. The third kappa shape index (κ3) is 3.39. The van der Waals surface area contributed by atoms with Gasteiger partial charge in [0.25, 0.3) is 0 Å². The smallest absolute Gasteiger partial charge is 0.222 e. The lowest BCUT2D eigenvalue weighted by atomic mass is 9.79. The first kappa shape index (κ1) is 14.1. The van der Waals surface area contributed by atoms with Crippen LogP contribution in [0.2, 0.25) is 0 Å². The van der Waals surface area contributed by atoms with E-state index in [9.17, 15) is 4.79 Å². The monoisotopic (exact) mass is 273 g/mol. The molecule has 104 valence electrons. The first-order chi connectivity index (χ1) is 8.60. The van der Waals surface area contributed by atoms with Crippen molar-refractivity contribution in [2.24, 2.45) is 11.8 Å². The van der Waals surface area contributed by atoms with E-state index in [1.54, 1.807) is 0 Å². The standard InChI is InChI=1S/C14H24ClNO2/c1-3-18-12-6-11(7-12)8-14(17)16-5-4-10(2)13(15)9-16/h10-13H,3-9H2,1-2H3. The molecule has 2 atom stereocenters. The molecule has 1 amide bonds. The molecule has 1 aliphatic heterocycles. The number of carbonyl (C=O) groups is 1. The highest BCUT2D eigenvalue weighted by atomic mass is 35.5. The van der Waals surface area contributed by atoms with Gasteiger partial charge in [0.2, 0.25) is 5.91 Å². The van der Waals surface area contributed by atoms with E-state index in [1.807, 2.05) is 11.8 Å². The van der Waals surface area contributed by atoms with E-state index in [2.05, 4.69) is 6.92 Å². The zero-order valence-corrected chi connectivity index (χ0v) is 12.2. The highest BCUT2D eigenvalue weighted by Gasteiger charge is 2.34. The first-order valence-electron chi connectivity index (χ1n) is 7.13. The second kappa shape index (κ2) is 6.25. The van der Waals surface area contributed by atoms with Crippen molar-refractivity contribution in [3.8, 4) is 0 Å². The topological polar surface area (TPSA) is 29.5 Å². The molecule has 0 aromatic carbocycles. The predicted molar refractivity (Wildman–Crippen MR) is 72.8 cm³/mol. The Hall–Kier alpha value is -0.280. The first-order valence-corrected chi connectivity index (χ1v) is 7.57. The summed E-state index contributed by atoms with van der Waals surface area (Å²) >= 11 is 6.24. The molecule has 0 spiro atoms. The zero-order valence-electron chi connectivity index (χ0n) is 11.4. The maximum atomic E-state index is 12.1. The van der Waals surface area contributed by atoms with Crippen molar-refractivity contribution in [3.63, 3.8) is 0 Å². The maximum absolute atomic E-state index is 12.1. The molecular weight excluding hydrogens is 250 g/mol. The quantitative estimate of drug-likeness (QED) is 0.737. The molecule has 0 aromatic heterocycles. The number of amides is 1. The van der Waals surface area contributed by atoms with Gasteiger partial charge in [-0.05, 0) is 38.0 Å². The average molecular weight is 274 g/mol. The van der Waals surface area contributed by atoms with E-state index >= 15 is 0 Å². The van der Waals surface area contributed by atoms with Crippen molar-refractivity contribution in [2.75, 3.05) is 19.7 Å². The number of hydrogen-bond donors (Lipinski definition) is 0. The van der Waals surface area contributed by atoms with Crippen LogP contribution < -0.4 is 0 Å². The summed E-state index contributed by atoms with van der Waals surface area (Å²) < 4.78 is 5.52. The summed E-state index contributed by atoms with van der Waals surface area (Å²) in [6.45, 7) is 6.57. The maximum Gasteiger partial charge on any atom is 0.222 e. The molecule has 1 heterocycles. The van der Waals surface area contributed by atoms with Gasteiger partial charge >= 0.3 is 0 Å². The van der Waals surface area contributed by atoms with E-state index in [1.165, 1.54) is 0 Å². The Balaban J connectivity index is 1.70. The fourth-order valence-electron chi connectivity index (χ4n) is 2.84. The molecule has 0 N–H and O–H groups in total. The Morgan fingerprint density at radius 3 is 2.78 bits per heavy atom. The fraction of sp³-hybridized carbons (Fsp3) is 0.929. The van der Waals surface area contributed by atoms with Crippen molar-refractivity contribution < 1.29 is 9.53 Å². The molecule has 2 rings (SSSR count). The van der Waals surface area contributed by atoms with Gasteiger partial charge in [-0.15, -0.1) is 11.6 Å². The minimum Gasteiger partial charge on any atom is -0.378 e. The number of rotatable bonds is 4. The van der Waals surface area contributed by atoms with Crippen molar-refractivity contribution in [1.29, 1.82) is 0 Å². The van der Waals surface area contributed by atoms with Gasteiger partial charge in [0.1, 0.15) is 0 Å². The second-order valence-corrected chi connectivity index (χ2v) is 6.30. The molecule has 0 radical (unpaired) electrons. The van der Waals surface area contributed by atoms with E-state index in [0.29, 0.717) is 24.4 Å². The number of likely N-dealkylation sites (tertiary alicyclic amines) is 1. The molecule has 1 saturated heterocycles. The zero-order chi connectivity index (χ0) is 13.1. The van der Waals surface area contributed by atoms with Crippen LogP contribution in [0, 0.1) is 11.8 Å². The van der Waals surface area contributed by atoms with Crippen LogP contribution >= 0.6 is 11.6 Å². The molecule has 18 heavy (non-hydrogen) atoms. The van der Waals surface area contributed by atoms with Crippen LogP contribution in [0.15, 0.2) is 0 Å². The van der Waals surface area contributed by atoms with Crippen LogP contribution in [-0.2, 0) is 9.53 Å². The molecule has 2 fully saturated rings. The minimum atomic E-state index is 0.125. The summed E-state index contributed by atoms with van der Waals surface area (Å²) in [6, 6.07) is 0. The van der Waals surface area contributed by atoms with Crippen molar-refractivity contribution in [1.82, 2.24) is 4.90 Å². The number of carbonyl (C=O) groups excluding carboxylic acids is 1. The molecule has 1 aliphatic carbocycles. The molecule has 2 aliphatic rings. The lowest BCUT2D eigenvalue weighted by Crippen LogP contribution is -2.45. The van der Waals surface area contributed by atoms with Crippen LogP contribution in [0.25, 0.3) is 0 Å². The van der Waals surface area contributed by atoms with E-state index in [4.69, 9.17) is 16.3 Å². The highest BCUT2D eigenvalue weighted by Crippen LogP contribution is 2.33. The summed E-state index contributed by atoms with van der Waals surface area (Å²) in [6.07, 6.45) is 4.21. The Kier molecular flexibility index (Phi) is 4.91. The van der Waals surface area contributed by atoms with Crippen molar-refractivity contribution in [3.05, 3.63) is 0 Å². The number of halogens is 1. The van der Waals surface area contributed by atoms with Crippen LogP contribution in [0.5, 0.6) is 0 Å². The van der Waals surface area contributed by atoms with Gasteiger partial charge in [-0.25, -0.2) is 0 Å². The second-order valence-electron chi connectivity index (χ2n) is 5.74. The molecular formula is C14H24ClNO2. The third-order valence-electron chi connectivity index (χ3n) is 4.28. The molecule has 1 saturated carbocycles. The van der Waals surface area contributed by atoms with Crippen LogP contribution in [-0.4, -0.2) is 42.0 Å². The van der Waals surface area contributed by atoms with Gasteiger partial charge in [0.05, 0.1) is 11.5 Å². The van der Waals surface area contributed by atoms with Crippen molar-refractivity contribution >= 4 is 17.5 Å². The SMILES string of the molecule is CCOC1CC(CC(=O)N2CCC(C)C(Cl)C2)C1. The molecule has 3 nitrogen and oxygen atoms in total. The predicted octanol–water partition coefficient (Wildman–Crippen LogP) is 2.67. The van der Waals surface area contributed by atoms with Crippen LogP contribution in [0.1, 0.15) is 39.5 Å². The number of ether oxygens (including phenoxy) is 1. The lowest BCUT2D eigenvalue weighted by molar-refractivity contribution is -0.135. The lowest BCUT2D eigenvalue weighted by Gasteiger charge is -2.38. The Morgan fingerprint density at radius 1 is 1.44 bits per heavy atom. The van der Waals surface area contributed by atoms with Gasteiger partial charge in [-0.2, -0.15) is 0 Å². The molecule has 4 heteroatoms. The van der Waals surface area contributed by atoms with Gasteiger partial charge in [-0.3, -0.25) is 4.79 Å².